The van der Waals surface area contributed by atoms with Crippen molar-refractivity contribution in [1.29, 1.82) is 0 Å². The van der Waals surface area contributed by atoms with Gasteiger partial charge < -0.3 is 15.2 Å². The molecule has 4 aromatic rings. The molecule has 1 atom stereocenters. The van der Waals surface area contributed by atoms with Crippen LogP contribution in [0.4, 0.5) is 5.69 Å². The number of carbonyl (C=O) groups is 1. The lowest BCUT2D eigenvalue weighted by atomic mass is 10.1. The molecule has 1 unspecified atom stereocenters. The monoisotopic (exact) mass is 492 g/mol. The van der Waals surface area contributed by atoms with Crippen LogP contribution in [-0.2, 0) is 13.6 Å². The maximum absolute atomic E-state index is 12.8. The van der Waals surface area contributed by atoms with E-state index in [0.717, 1.165) is 21.7 Å². The van der Waals surface area contributed by atoms with E-state index in [0.29, 0.717) is 23.6 Å². The number of pyridine rings is 1. The van der Waals surface area contributed by atoms with Crippen LogP contribution in [0.2, 0.25) is 0 Å². The number of carbonyl (C=O) groups excluding carboxylic acids is 1. The van der Waals surface area contributed by atoms with Crippen molar-refractivity contribution >= 4 is 27.5 Å². The van der Waals surface area contributed by atoms with E-state index in [9.17, 15) is 4.79 Å². The third-order valence-electron chi connectivity index (χ3n) is 4.90. The fourth-order valence-electron chi connectivity index (χ4n) is 3.18. The summed E-state index contributed by atoms with van der Waals surface area (Å²) >= 11 is 3.48. The summed E-state index contributed by atoms with van der Waals surface area (Å²) in [6.07, 6.45) is 4.85. The Labute approximate surface area is 193 Å². The first-order valence-corrected chi connectivity index (χ1v) is 10.7. The van der Waals surface area contributed by atoms with E-state index in [1.807, 2.05) is 42.8 Å². The van der Waals surface area contributed by atoms with Gasteiger partial charge in [0.15, 0.2) is 11.6 Å². The van der Waals surface area contributed by atoms with Crippen LogP contribution in [0.5, 0.6) is 0 Å². The molecule has 9 nitrogen and oxygen atoms in total. The highest BCUT2D eigenvalue weighted by molar-refractivity contribution is 9.10. The molecule has 1 aromatic carbocycles. The molecule has 0 aliphatic carbocycles. The highest BCUT2D eigenvalue weighted by Crippen LogP contribution is 2.21. The van der Waals surface area contributed by atoms with E-state index in [2.05, 4.69) is 51.7 Å². The minimum absolute atomic E-state index is 0.177. The van der Waals surface area contributed by atoms with Crippen molar-refractivity contribution in [2.45, 2.75) is 19.5 Å². The Morgan fingerprint density at radius 2 is 2.00 bits per heavy atom. The predicted octanol–water partition coefficient (Wildman–Crippen LogP) is 3.53. The molecule has 3 heterocycles. The fraction of sp³-hybridized carbons (Fsp3) is 0.182. The second-order valence-corrected chi connectivity index (χ2v) is 7.95. The Bertz CT molecular complexity index is 1230. The third-order valence-corrected chi connectivity index (χ3v) is 5.57. The normalized spacial score (nSPS) is 11.7. The number of benzene rings is 1. The Kier molecular flexibility index (Phi) is 6.50. The summed E-state index contributed by atoms with van der Waals surface area (Å²) in [5.41, 5.74) is 2.83. The van der Waals surface area contributed by atoms with E-state index in [4.69, 9.17) is 0 Å². The maximum Gasteiger partial charge on any atom is 0.251 e. The minimum atomic E-state index is -0.242. The second kappa shape index (κ2) is 9.65. The number of aromatic nitrogens is 6. The average molecular weight is 493 g/mol. The number of hydrogen-bond donors (Lipinski definition) is 2. The van der Waals surface area contributed by atoms with E-state index in [-0.39, 0.29) is 11.9 Å². The smallest absolute Gasteiger partial charge is 0.251 e. The molecular weight excluding hydrogens is 472 g/mol. The van der Waals surface area contributed by atoms with Gasteiger partial charge in [0.25, 0.3) is 5.91 Å². The van der Waals surface area contributed by atoms with E-state index >= 15 is 0 Å². The number of halogens is 1. The Balaban J connectivity index is 1.42. The van der Waals surface area contributed by atoms with Crippen LogP contribution >= 0.6 is 15.9 Å². The molecule has 32 heavy (non-hydrogen) atoms. The molecule has 0 spiro atoms. The molecule has 0 radical (unpaired) electrons. The lowest BCUT2D eigenvalue weighted by Crippen LogP contribution is -2.27. The van der Waals surface area contributed by atoms with Gasteiger partial charge in [0.2, 0.25) is 0 Å². The second-order valence-electron chi connectivity index (χ2n) is 7.09. The van der Waals surface area contributed by atoms with Gasteiger partial charge in [-0.25, -0.2) is 9.97 Å². The molecule has 0 aliphatic heterocycles. The van der Waals surface area contributed by atoms with Crippen molar-refractivity contribution < 1.29 is 4.79 Å². The van der Waals surface area contributed by atoms with Gasteiger partial charge in [0, 0.05) is 35.2 Å². The quantitative estimate of drug-likeness (QED) is 0.405. The number of nitrogens with zero attached hydrogens (tertiary/aromatic N) is 6. The van der Waals surface area contributed by atoms with Crippen molar-refractivity contribution in [2.24, 2.45) is 7.05 Å². The standard InChI is InChI=1S/C22H21BrN8O/c1-14(20-17(23)7-4-9-25-20)28-22(32)15-5-3-6-16(11-15)26-12-19-29-30-21(31(19)2)18-8-10-24-13-27-18/h3-11,13-14,26H,12H2,1-2H3,(H,28,32). The summed E-state index contributed by atoms with van der Waals surface area (Å²) in [4.78, 5) is 25.2. The third kappa shape index (κ3) is 4.80. The summed E-state index contributed by atoms with van der Waals surface area (Å²) in [7, 11) is 1.88. The fourth-order valence-corrected chi connectivity index (χ4v) is 3.78. The molecule has 0 aliphatic rings. The Morgan fingerprint density at radius 3 is 2.78 bits per heavy atom. The SMILES string of the molecule is CC(NC(=O)c1cccc(NCc2nnc(-c3ccncn3)n2C)c1)c1ncccc1Br. The molecule has 0 fully saturated rings. The predicted molar refractivity (Wildman–Crippen MR) is 124 cm³/mol. The van der Waals surface area contributed by atoms with Crippen LogP contribution < -0.4 is 10.6 Å². The summed E-state index contributed by atoms with van der Waals surface area (Å²) < 4.78 is 2.73. The van der Waals surface area contributed by atoms with Crippen LogP contribution in [0, 0.1) is 0 Å². The van der Waals surface area contributed by atoms with Crippen molar-refractivity contribution in [1.82, 2.24) is 35.0 Å². The molecule has 4 rings (SSSR count). The molecule has 0 saturated carbocycles. The van der Waals surface area contributed by atoms with Crippen LogP contribution in [0.25, 0.3) is 11.5 Å². The van der Waals surface area contributed by atoms with Crippen LogP contribution in [0.3, 0.4) is 0 Å². The molecule has 1 amide bonds. The van der Waals surface area contributed by atoms with Gasteiger partial charge in [-0.05, 0) is 59.3 Å². The maximum atomic E-state index is 12.8. The number of amides is 1. The number of hydrogen-bond acceptors (Lipinski definition) is 7. The summed E-state index contributed by atoms with van der Waals surface area (Å²) in [6, 6.07) is 12.6. The first-order chi connectivity index (χ1) is 15.5. The van der Waals surface area contributed by atoms with E-state index in [1.54, 1.807) is 30.6 Å². The van der Waals surface area contributed by atoms with Crippen molar-refractivity contribution in [3.05, 3.63) is 82.7 Å². The van der Waals surface area contributed by atoms with Crippen LogP contribution in [0.1, 0.15) is 34.8 Å². The Morgan fingerprint density at radius 1 is 1.12 bits per heavy atom. The van der Waals surface area contributed by atoms with Crippen LogP contribution in [0.15, 0.2) is 65.7 Å². The number of rotatable bonds is 7. The number of anilines is 1. The lowest BCUT2D eigenvalue weighted by molar-refractivity contribution is 0.0939. The van der Waals surface area contributed by atoms with Crippen molar-refractivity contribution in [2.75, 3.05) is 5.32 Å². The van der Waals surface area contributed by atoms with Gasteiger partial charge in [-0.1, -0.05) is 6.07 Å². The molecule has 2 N–H and O–H groups in total. The zero-order valence-corrected chi connectivity index (χ0v) is 19.1. The van der Waals surface area contributed by atoms with Crippen molar-refractivity contribution in [3.63, 3.8) is 0 Å². The summed E-state index contributed by atoms with van der Waals surface area (Å²) in [5, 5.41) is 14.8. The van der Waals surface area contributed by atoms with Gasteiger partial charge in [0.1, 0.15) is 12.0 Å². The molecular formula is C22H21BrN8O. The van der Waals surface area contributed by atoms with E-state index in [1.165, 1.54) is 6.33 Å². The van der Waals surface area contributed by atoms with Gasteiger partial charge in [-0.3, -0.25) is 9.78 Å². The number of nitrogens with one attached hydrogen (secondary N) is 2. The molecule has 162 valence electrons. The Hall–Kier alpha value is -3.66. The van der Waals surface area contributed by atoms with Gasteiger partial charge in [-0.15, -0.1) is 10.2 Å². The largest absolute Gasteiger partial charge is 0.378 e. The van der Waals surface area contributed by atoms with Gasteiger partial charge in [-0.2, -0.15) is 0 Å². The van der Waals surface area contributed by atoms with Crippen molar-refractivity contribution in [3.8, 4) is 11.5 Å². The first kappa shape index (κ1) is 21.6. The topological polar surface area (TPSA) is 111 Å². The molecule has 3 aromatic heterocycles. The average Bonchev–Trinajstić information content (AvgIpc) is 3.19. The summed E-state index contributed by atoms with van der Waals surface area (Å²) in [6.45, 7) is 2.34. The lowest BCUT2D eigenvalue weighted by Gasteiger charge is -2.15. The minimum Gasteiger partial charge on any atom is -0.378 e. The molecule has 10 heteroatoms. The first-order valence-electron chi connectivity index (χ1n) is 9.93. The highest BCUT2D eigenvalue weighted by Gasteiger charge is 2.15. The van der Waals surface area contributed by atoms with Gasteiger partial charge in [0.05, 0.1) is 18.3 Å². The zero-order chi connectivity index (χ0) is 22.5. The van der Waals surface area contributed by atoms with Gasteiger partial charge >= 0.3 is 0 Å². The highest BCUT2D eigenvalue weighted by atomic mass is 79.9. The van der Waals surface area contributed by atoms with E-state index < -0.39 is 0 Å². The molecule has 0 bridgehead atoms. The molecule has 0 saturated heterocycles. The summed E-state index contributed by atoms with van der Waals surface area (Å²) in [5.74, 6) is 1.22. The zero-order valence-electron chi connectivity index (χ0n) is 17.5. The van der Waals surface area contributed by atoms with Crippen LogP contribution in [-0.4, -0.2) is 35.6 Å².